The average Bonchev–Trinajstić information content (AvgIpc) is 2.38. The lowest BCUT2D eigenvalue weighted by molar-refractivity contribution is 1.04. The minimum absolute atomic E-state index is 0.461. The Labute approximate surface area is 106 Å². The van der Waals surface area contributed by atoms with Crippen LogP contribution in [0.1, 0.15) is 16.7 Å². The second kappa shape index (κ2) is 4.84. The summed E-state index contributed by atoms with van der Waals surface area (Å²) >= 11 is 0. The van der Waals surface area contributed by atoms with Gasteiger partial charge in [0, 0.05) is 5.56 Å². The molecule has 0 amide bonds. The van der Waals surface area contributed by atoms with Crippen LogP contribution in [0.3, 0.4) is 0 Å². The van der Waals surface area contributed by atoms with Crippen molar-refractivity contribution in [3.05, 3.63) is 41.0 Å². The van der Waals surface area contributed by atoms with Crippen LogP contribution in [-0.2, 0) is 0 Å². The van der Waals surface area contributed by atoms with Gasteiger partial charge in [-0.15, -0.1) is 10.2 Å². The maximum absolute atomic E-state index is 8.49. The largest absolute Gasteiger partial charge is 0.275 e. The lowest BCUT2D eigenvalue weighted by Gasteiger charge is -2.10. The molecule has 0 aliphatic rings. The number of anilines is 1. The van der Waals surface area contributed by atoms with Crippen LogP contribution < -0.4 is 5.32 Å². The molecule has 2 rings (SSSR count). The third-order valence-electron chi connectivity index (χ3n) is 3.18. The van der Waals surface area contributed by atoms with Crippen molar-refractivity contribution in [1.29, 1.82) is 5.26 Å². The molecule has 0 saturated heterocycles. The topological polar surface area (TPSA) is 61.6 Å². The average molecular weight is 238 g/mol. The van der Waals surface area contributed by atoms with Gasteiger partial charge in [-0.25, -0.2) is 0 Å². The van der Waals surface area contributed by atoms with Crippen molar-refractivity contribution >= 4 is 5.82 Å². The number of nitrogens with zero attached hydrogens (tertiary/aromatic N) is 3. The number of hydrogen-bond donors (Lipinski definition) is 1. The summed E-state index contributed by atoms with van der Waals surface area (Å²) < 4.78 is 0. The highest BCUT2D eigenvalue weighted by molar-refractivity contribution is 5.66. The van der Waals surface area contributed by atoms with Crippen LogP contribution in [0, 0.1) is 32.2 Å². The van der Waals surface area contributed by atoms with E-state index in [-0.39, 0.29) is 0 Å². The van der Waals surface area contributed by atoms with Gasteiger partial charge in [-0.2, -0.15) is 5.26 Å². The van der Waals surface area contributed by atoms with Crippen LogP contribution in [0.2, 0.25) is 0 Å². The highest BCUT2D eigenvalue weighted by atomic mass is 15.2. The quantitative estimate of drug-likeness (QED) is 0.645. The molecule has 2 aromatic rings. The maximum atomic E-state index is 8.49. The number of nitriles is 1. The second-order valence-electron chi connectivity index (χ2n) is 4.22. The summed E-state index contributed by atoms with van der Waals surface area (Å²) in [5, 5.41) is 19.0. The first kappa shape index (κ1) is 12.1. The van der Waals surface area contributed by atoms with Gasteiger partial charge in [0.15, 0.2) is 12.0 Å². The van der Waals surface area contributed by atoms with Crippen molar-refractivity contribution in [1.82, 2.24) is 10.2 Å². The fourth-order valence-corrected chi connectivity index (χ4v) is 1.83. The summed E-state index contributed by atoms with van der Waals surface area (Å²) in [5.41, 5.74) is 5.65. The number of nitrogens with one attached hydrogen (secondary N) is 1. The maximum Gasteiger partial charge on any atom is 0.182 e. The van der Waals surface area contributed by atoms with Crippen molar-refractivity contribution in [2.75, 3.05) is 5.32 Å². The fourth-order valence-electron chi connectivity index (χ4n) is 1.83. The minimum atomic E-state index is 0.461. The zero-order valence-electron chi connectivity index (χ0n) is 10.7. The molecule has 1 N–H and O–H groups in total. The van der Waals surface area contributed by atoms with Crippen LogP contribution in [0.15, 0.2) is 24.3 Å². The van der Waals surface area contributed by atoms with E-state index in [2.05, 4.69) is 48.4 Å². The SMILES string of the molecule is Cc1ccc(-c2ccc(NC#N)nn2)c(C)c1C. The highest BCUT2D eigenvalue weighted by Crippen LogP contribution is 2.25. The first-order valence-electron chi connectivity index (χ1n) is 5.69. The van der Waals surface area contributed by atoms with Crippen LogP contribution in [0.4, 0.5) is 5.82 Å². The molecule has 4 heteroatoms. The van der Waals surface area contributed by atoms with Crippen molar-refractivity contribution in [3.8, 4) is 17.5 Å². The molecule has 0 saturated carbocycles. The Hall–Kier alpha value is -2.41. The summed E-state index contributed by atoms with van der Waals surface area (Å²) in [5.74, 6) is 0.461. The summed E-state index contributed by atoms with van der Waals surface area (Å²) in [6, 6.07) is 7.75. The standard InChI is InChI=1S/C14H14N4/c1-9-4-5-12(11(3)10(9)2)13-6-7-14(16-8-15)18-17-13/h4-7H,1-3H3,(H,16,18). The Bertz CT molecular complexity index is 609. The van der Waals surface area contributed by atoms with Crippen LogP contribution in [0.5, 0.6) is 0 Å². The Balaban J connectivity index is 2.44. The molecule has 18 heavy (non-hydrogen) atoms. The summed E-state index contributed by atoms with van der Waals surface area (Å²) in [6.45, 7) is 6.28. The predicted octanol–water partition coefficient (Wildman–Crippen LogP) is 2.96. The van der Waals surface area contributed by atoms with Crippen molar-refractivity contribution in [2.24, 2.45) is 0 Å². The van der Waals surface area contributed by atoms with Crippen molar-refractivity contribution < 1.29 is 0 Å². The smallest absolute Gasteiger partial charge is 0.182 e. The molecule has 4 nitrogen and oxygen atoms in total. The number of aromatic nitrogens is 2. The predicted molar refractivity (Wildman–Crippen MR) is 70.9 cm³/mol. The van der Waals surface area contributed by atoms with Gasteiger partial charge in [-0.3, -0.25) is 5.32 Å². The number of rotatable bonds is 2. The summed E-state index contributed by atoms with van der Waals surface area (Å²) in [7, 11) is 0. The van der Waals surface area contributed by atoms with E-state index in [9.17, 15) is 0 Å². The number of hydrogen-bond acceptors (Lipinski definition) is 4. The van der Waals surface area contributed by atoms with E-state index in [1.165, 1.54) is 16.7 Å². The molecule has 0 unspecified atom stereocenters. The minimum Gasteiger partial charge on any atom is -0.275 e. The van der Waals surface area contributed by atoms with Gasteiger partial charge in [0.25, 0.3) is 0 Å². The molecule has 0 aliphatic carbocycles. The van der Waals surface area contributed by atoms with E-state index in [1.54, 1.807) is 6.07 Å². The molecule has 0 aliphatic heterocycles. The number of benzene rings is 1. The van der Waals surface area contributed by atoms with E-state index < -0.39 is 0 Å². The Morgan fingerprint density at radius 2 is 1.78 bits per heavy atom. The number of aryl methyl sites for hydroxylation is 1. The molecule has 0 atom stereocenters. The lowest BCUT2D eigenvalue weighted by Crippen LogP contribution is -1.97. The monoisotopic (exact) mass is 238 g/mol. The third kappa shape index (κ3) is 2.16. The van der Waals surface area contributed by atoms with Gasteiger partial charge in [0.2, 0.25) is 0 Å². The molecule has 0 spiro atoms. The lowest BCUT2D eigenvalue weighted by atomic mass is 9.97. The molecule has 90 valence electrons. The fraction of sp³-hybridized carbons (Fsp3) is 0.214. The van der Waals surface area contributed by atoms with Crippen LogP contribution in [0.25, 0.3) is 11.3 Å². The van der Waals surface area contributed by atoms with Gasteiger partial charge < -0.3 is 0 Å². The van der Waals surface area contributed by atoms with Crippen molar-refractivity contribution in [3.63, 3.8) is 0 Å². The van der Waals surface area contributed by atoms with Crippen LogP contribution in [-0.4, -0.2) is 10.2 Å². The van der Waals surface area contributed by atoms with Crippen molar-refractivity contribution in [2.45, 2.75) is 20.8 Å². The van der Waals surface area contributed by atoms with E-state index in [1.807, 2.05) is 12.3 Å². The third-order valence-corrected chi connectivity index (χ3v) is 3.18. The molecular formula is C14H14N4. The second-order valence-corrected chi connectivity index (χ2v) is 4.22. The summed E-state index contributed by atoms with van der Waals surface area (Å²) in [6.07, 6.45) is 1.82. The van der Waals surface area contributed by atoms with E-state index >= 15 is 0 Å². The Morgan fingerprint density at radius 3 is 2.39 bits per heavy atom. The molecule has 0 bridgehead atoms. The highest BCUT2D eigenvalue weighted by Gasteiger charge is 2.07. The first-order valence-corrected chi connectivity index (χ1v) is 5.69. The molecule has 0 fully saturated rings. The van der Waals surface area contributed by atoms with Gasteiger partial charge in [-0.05, 0) is 49.6 Å². The normalized spacial score (nSPS) is 9.89. The molecule has 1 aromatic carbocycles. The zero-order chi connectivity index (χ0) is 13.1. The molecular weight excluding hydrogens is 224 g/mol. The van der Waals surface area contributed by atoms with E-state index in [4.69, 9.17) is 5.26 Å². The van der Waals surface area contributed by atoms with E-state index in [0.29, 0.717) is 5.82 Å². The molecule has 1 aromatic heterocycles. The van der Waals surface area contributed by atoms with Gasteiger partial charge in [-0.1, -0.05) is 12.1 Å². The summed E-state index contributed by atoms with van der Waals surface area (Å²) in [4.78, 5) is 0. The van der Waals surface area contributed by atoms with E-state index in [0.717, 1.165) is 11.3 Å². The Kier molecular flexibility index (Phi) is 3.24. The molecule has 1 heterocycles. The van der Waals surface area contributed by atoms with Crippen LogP contribution >= 0.6 is 0 Å². The van der Waals surface area contributed by atoms with Gasteiger partial charge >= 0.3 is 0 Å². The Morgan fingerprint density at radius 1 is 1.00 bits per heavy atom. The zero-order valence-corrected chi connectivity index (χ0v) is 10.7. The molecule has 0 radical (unpaired) electrons. The first-order chi connectivity index (χ1) is 8.63. The van der Waals surface area contributed by atoms with Gasteiger partial charge in [0.1, 0.15) is 0 Å². The van der Waals surface area contributed by atoms with Gasteiger partial charge in [0.05, 0.1) is 5.69 Å².